The van der Waals surface area contributed by atoms with Crippen LogP contribution < -0.4 is 16.0 Å². The van der Waals surface area contributed by atoms with Crippen LogP contribution in [-0.4, -0.2) is 32.1 Å². The van der Waals surface area contributed by atoms with E-state index in [2.05, 4.69) is 5.32 Å². The minimum absolute atomic E-state index is 0.0953. The maximum Gasteiger partial charge on any atom is 0.239 e. The normalized spacial score (nSPS) is 10.3. The number of benzene rings is 1. The zero-order chi connectivity index (χ0) is 14.1. The van der Waals surface area contributed by atoms with Crippen molar-refractivity contribution < 1.29 is 9.18 Å². The number of hydrogen-bond donors (Lipinski definition) is 2. The molecule has 0 aliphatic rings. The molecule has 0 aliphatic carbocycles. The number of hydrogen-bond acceptors (Lipinski definition) is 3. The fourth-order valence-electron chi connectivity index (χ4n) is 1.77. The van der Waals surface area contributed by atoms with Gasteiger partial charge in [-0.3, -0.25) is 4.79 Å². The van der Waals surface area contributed by atoms with E-state index in [0.29, 0.717) is 25.3 Å². The number of halogens is 1. The number of amides is 1. The van der Waals surface area contributed by atoms with Crippen molar-refractivity contribution >= 4 is 11.6 Å². The van der Waals surface area contributed by atoms with Crippen molar-refractivity contribution in [1.29, 1.82) is 0 Å². The maximum absolute atomic E-state index is 13.8. The van der Waals surface area contributed by atoms with Crippen molar-refractivity contribution in [3.63, 3.8) is 0 Å². The van der Waals surface area contributed by atoms with Gasteiger partial charge in [0, 0.05) is 13.1 Å². The predicted octanol–water partition coefficient (Wildman–Crippen LogP) is 1.51. The highest BCUT2D eigenvalue weighted by Crippen LogP contribution is 2.18. The van der Waals surface area contributed by atoms with Gasteiger partial charge in [0.1, 0.15) is 5.82 Å². The summed E-state index contributed by atoms with van der Waals surface area (Å²) in [6.45, 7) is 3.86. The van der Waals surface area contributed by atoms with Crippen LogP contribution in [0.15, 0.2) is 24.3 Å². The molecule has 106 valence electrons. The van der Waals surface area contributed by atoms with E-state index in [1.165, 1.54) is 6.07 Å². The van der Waals surface area contributed by atoms with Crippen molar-refractivity contribution in [3.05, 3.63) is 30.1 Å². The summed E-state index contributed by atoms with van der Waals surface area (Å²) in [5, 5.41) is 2.79. The van der Waals surface area contributed by atoms with Crippen LogP contribution in [0.2, 0.25) is 0 Å². The Morgan fingerprint density at radius 2 is 2.16 bits per heavy atom. The molecular formula is C14H22FN3O. The number of para-hydroxylation sites is 1. The number of nitrogens with one attached hydrogen (secondary N) is 1. The Kier molecular flexibility index (Phi) is 6.89. The molecule has 5 heteroatoms. The molecule has 0 saturated heterocycles. The van der Waals surface area contributed by atoms with Crippen LogP contribution in [-0.2, 0) is 4.79 Å². The van der Waals surface area contributed by atoms with Gasteiger partial charge >= 0.3 is 0 Å². The van der Waals surface area contributed by atoms with E-state index in [1.807, 2.05) is 6.92 Å². The van der Waals surface area contributed by atoms with Crippen molar-refractivity contribution in [2.45, 2.75) is 19.8 Å². The van der Waals surface area contributed by atoms with Crippen molar-refractivity contribution in [1.82, 2.24) is 5.32 Å². The molecule has 0 saturated carbocycles. The Labute approximate surface area is 113 Å². The van der Waals surface area contributed by atoms with Gasteiger partial charge in [-0.25, -0.2) is 4.39 Å². The van der Waals surface area contributed by atoms with E-state index in [4.69, 9.17) is 5.73 Å². The smallest absolute Gasteiger partial charge is 0.239 e. The lowest BCUT2D eigenvalue weighted by Crippen LogP contribution is -2.39. The van der Waals surface area contributed by atoms with E-state index in [9.17, 15) is 9.18 Å². The van der Waals surface area contributed by atoms with Crippen LogP contribution >= 0.6 is 0 Å². The van der Waals surface area contributed by atoms with E-state index >= 15 is 0 Å². The van der Waals surface area contributed by atoms with Gasteiger partial charge in [0.2, 0.25) is 5.91 Å². The minimum atomic E-state index is -0.317. The van der Waals surface area contributed by atoms with E-state index in [0.717, 1.165) is 12.8 Å². The molecule has 0 aliphatic heterocycles. The van der Waals surface area contributed by atoms with Gasteiger partial charge in [-0.15, -0.1) is 0 Å². The van der Waals surface area contributed by atoms with Crippen molar-refractivity contribution in [2.75, 3.05) is 31.1 Å². The van der Waals surface area contributed by atoms with Gasteiger partial charge < -0.3 is 16.0 Å². The summed E-state index contributed by atoms with van der Waals surface area (Å²) >= 11 is 0. The monoisotopic (exact) mass is 267 g/mol. The van der Waals surface area contributed by atoms with Crippen LogP contribution in [0.5, 0.6) is 0 Å². The molecule has 0 atom stereocenters. The highest BCUT2D eigenvalue weighted by atomic mass is 19.1. The number of nitrogens with two attached hydrogens (primary N) is 1. The van der Waals surface area contributed by atoms with Gasteiger partial charge in [-0.05, 0) is 31.5 Å². The van der Waals surface area contributed by atoms with Gasteiger partial charge in [0.25, 0.3) is 0 Å². The summed E-state index contributed by atoms with van der Waals surface area (Å²) in [6.07, 6.45) is 1.60. The van der Waals surface area contributed by atoms with Gasteiger partial charge in [0.05, 0.1) is 12.2 Å². The standard InChI is InChI=1S/C14H22FN3O/c1-2-9-17-14(19)11-18(10-5-8-16)13-7-4-3-6-12(13)15/h3-4,6-7H,2,5,8-11,16H2,1H3,(H,17,19). The molecule has 0 fully saturated rings. The lowest BCUT2D eigenvalue weighted by Gasteiger charge is -2.24. The quantitative estimate of drug-likeness (QED) is 0.750. The summed E-state index contributed by atoms with van der Waals surface area (Å²) < 4.78 is 13.8. The molecule has 1 rings (SSSR count). The third-order valence-corrected chi connectivity index (χ3v) is 2.73. The molecule has 0 radical (unpaired) electrons. The number of rotatable bonds is 8. The van der Waals surface area contributed by atoms with E-state index < -0.39 is 0 Å². The summed E-state index contributed by atoms with van der Waals surface area (Å²) in [6, 6.07) is 6.47. The summed E-state index contributed by atoms with van der Waals surface area (Å²) in [7, 11) is 0. The van der Waals surface area contributed by atoms with Crippen LogP contribution in [0.1, 0.15) is 19.8 Å². The maximum atomic E-state index is 13.8. The lowest BCUT2D eigenvalue weighted by atomic mass is 10.2. The molecule has 0 aromatic heterocycles. The molecule has 0 unspecified atom stereocenters. The number of anilines is 1. The lowest BCUT2D eigenvalue weighted by molar-refractivity contribution is -0.119. The fraction of sp³-hybridized carbons (Fsp3) is 0.500. The Balaban J connectivity index is 2.71. The first-order chi connectivity index (χ1) is 9.19. The molecule has 0 spiro atoms. The Hall–Kier alpha value is -1.62. The first-order valence-corrected chi connectivity index (χ1v) is 6.65. The Morgan fingerprint density at radius 3 is 2.79 bits per heavy atom. The van der Waals surface area contributed by atoms with Gasteiger partial charge in [0.15, 0.2) is 0 Å². The van der Waals surface area contributed by atoms with E-state index in [1.54, 1.807) is 23.1 Å². The fourth-order valence-corrected chi connectivity index (χ4v) is 1.77. The van der Waals surface area contributed by atoms with Crippen LogP contribution in [0.3, 0.4) is 0 Å². The summed E-state index contributed by atoms with van der Waals surface area (Å²) in [5.41, 5.74) is 5.93. The summed E-state index contributed by atoms with van der Waals surface area (Å²) in [5.74, 6) is -0.412. The highest BCUT2D eigenvalue weighted by Gasteiger charge is 2.14. The van der Waals surface area contributed by atoms with Crippen LogP contribution in [0, 0.1) is 5.82 Å². The molecule has 1 aromatic carbocycles. The van der Waals surface area contributed by atoms with Crippen LogP contribution in [0.25, 0.3) is 0 Å². The number of carbonyl (C=O) groups excluding carboxylic acids is 1. The summed E-state index contributed by atoms with van der Waals surface area (Å²) in [4.78, 5) is 13.5. The second-order valence-corrected chi connectivity index (χ2v) is 4.37. The van der Waals surface area contributed by atoms with Crippen molar-refractivity contribution in [2.24, 2.45) is 5.73 Å². The third-order valence-electron chi connectivity index (χ3n) is 2.73. The molecule has 19 heavy (non-hydrogen) atoms. The largest absolute Gasteiger partial charge is 0.360 e. The number of carbonyl (C=O) groups is 1. The molecular weight excluding hydrogens is 245 g/mol. The average Bonchev–Trinajstić information content (AvgIpc) is 2.42. The topological polar surface area (TPSA) is 58.4 Å². The zero-order valence-electron chi connectivity index (χ0n) is 11.4. The minimum Gasteiger partial charge on any atom is -0.360 e. The third kappa shape index (κ3) is 5.26. The van der Waals surface area contributed by atoms with Crippen LogP contribution in [0.4, 0.5) is 10.1 Å². The molecule has 1 amide bonds. The molecule has 3 N–H and O–H groups in total. The first-order valence-electron chi connectivity index (χ1n) is 6.65. The molecule has 1 aromatic rings. The van der Waals surface area contributed by atoms with Gasteiger partial charge in [-0.1, -0.05) is 19.1 Å². The second-order valence-electron chi connectivity index (χ2n) is 4.37. The van der Waals surface area contributed by atoms with Crippen molar-refractivity contribution in [3.8, 4) is 0 Å². The molecule has 0 bridgehead atoms. The SMILES string of the molecule is CCCNC(=O)CN(CCCN)c1ccccc1F. The predicted molar refractivity (Wildman–Crippen MR) is 75.6 cm³/mol. The first kappa shape index (κ1) is 15.4. The zero-order valence-corrected chi connectivity index (χ0v) is 11.4. The Bertz CT molecular complexity index is 398. The second kappa shape index (κ2) is 8.48. The average molecular weight is 267 g/mol. The molecule has 0 heterocycles. The highest BCUT2D eigenvalue weighted by molar-refractivity contribution is 5.81. The molecule has 4 nitrogen and oxygen atoms in total. The van der Waals surface area contributed by atoms with E-state index in [-0.39, 0.29) is 18.3 Å². The van der Waals surface area contributed by atoms with Gasteiger partial charge in [-0.2, -0.15) is 0 Å². The Morgan fingerprint density at radius 1 is 1.42 bits per heavy atom. The number of nitrogens with zero attached hydrogens (tertiary/aromatic N) is 1.